The first kappa shape index (κ1) is 12.2. The maximum atomic E-state index is 11.9. The van der Waals surface area contributed by atoms with Crippen LogP contribution in [0, 0.1) is 0 Å². The van der Waals surface area contributed by atoms with Crippen molar-refractivity contribution in [2.75, 3.05) is 12.4 Å². The molecule has 1 aromatic carbocycles. The molecular formula is C13H14N2O3. The third-order valence-corrected chi connectivity index (χ3v) is 2.90. The van der Waals surface area contributed by atoms with Crippen LogP contribution in [0.15, 0.2) is 24.0 Å². The highest BCUT2D eigenvalue weighted by atomic mass is 16.5. The molecule has 5 heteroatoms. The van der Waals surface area contributed by atoms with Crippen molar-refractivity contribution in [1.82, 2.24) is 0 Å². The highest BCUT2D eigenvalue weighted by Crippen LogP contribution is 2.35. The van der Waals surface area contributed by atoms with Crippen LogP contribution in [0.25, 0.3) is 5.57 Å². The minimum atomic E-state index is -0.521. The quantitative estimate of drug-likeness (QED) is 0.626. The van der Waals surface area contributed by atoms with Gasteiger partial charge >= 0.3 is 0 Å². The number of benzene rings is 1. The molecule has 0 radical (unpaired) electrons. The standard InChI is InChI=1S/C13H14N2O3/c1-3-10(18-2)11-8-5-4-7(12(14)16)6-9(8)15-13(11)17/h4-6H,3H2,1-2H3,(H2,14,16)(H,15,17). The smallest absolute Gasteiger partial charge is 0.259 e. The van der Waals surface area contributed by atoms with E-state index < -0.39 is 5.91 Å². The van der Waals surface area contributed by atoms with E-state index in [2.05, 4.69) is 5.32 Å². The van der Waals surface area contributed by atoms with Crippen molar-refractivity contribution in [2.45, 2.75) is 13.3 Å². The Hall–Kier alpha value is -2.30. The Bertz CT molecular complexity index is 555. The van der Waals surface area contributed by atoms with Gasteiger partial charge in [-0.25, -0.2) is 0 Å². The zero-order valence-corrected chi connectivity index (χ0v) is 10.2. The van der Waals surface area contributed by atoms with Crippen molar-refractivity contribution in [2.24, 2.45) is 5.73 Å². The topological polar surface area (TPSA) is 81.4 Å². The number of ether oxygens (including phenoxy) is 1. The van der Waals surface area contributed by atoms with E-state index in [1.807, 2.05) is 6.92 Å². The van der Waals surface area contributed by atoms with Gasteiger partial charge in [-0.3, -0.25) is 9.59 Å². The molecule has 18 heavy (non-hydrogen) atoms. The van der Waals surface area contributed by atoms with E-state index in [-0.39, 0.29) is 5.91 Å². The fourth-order valence-electron chi connectivity index (χ4n) is 2.03. The third kappa shape index (κ3) is 1.84. The molecule has 1 aromatic rings. The molecule has 0 atom stereocenters. The summed E-state index contributed by atoms with van der Waals surface area (Å²) >= 11 is 0. The van der Waals surface area contributed by atoms with Gasteiger partial charge in [0.1, 0.15) is 5.76 Å². The summed E-state index contributed by atoms with van der Waals surface area (Å²) in [6, 6.07) is 4.88. The van der Waals surface area contributed by atoms with Crippen molar-refractivity contribution in [3.63, 3.8) is 0 Å². The zero-order valence-electron chi connectivity index (χ0n) is 10.2. The van der Waals surface area contributed by atoms with Crippen molar-refractivity contribution in [3.8, 4) is 0 Å². The molecule has 1 aliphatic heterocycles. The Balaban J connectivity index is 2.57. The van der Waals surface area contributed by atoms with Gasteiger partial charge in [0.2, 0.25) is 5.91 Å². The SMILES string of the molecule is CCC(OC)=C1C(=O)Nc2cc(C(N)=O)ccc21. The van der Waals surface area contributed by atoms with Crippen LogP contribution in [0.1, 0.15) is 29.3 Å². The number of primary amides is 1. The van der Waals surface area contributed by atoms with Crippen LogP contribution in [0.4, 0.5) is 5.69 Å². The monoisotopic (exact) mass is 246 g/mol. The van der Waals surface area contributed by atoms with Crippen molar-refractivity contribution < 1.29 is 14.3 Å². The van der Waals surface area contributed by atoms with Gasteiger partial charge in [0.15, 0.2) is 0 Å². The first-order valence-electron chi connectivity index (χ1n) is 5.61. The summed E-state index contributed by atoms with van der Waals surface area (Å²) < 4.78 is 5.22. The van der Waals surface area contributed by atoms with Gasteiger partial charge in [0.05, 0.1) is 18.4 Å². The second-order valence-corrected chi connectivity index (χ2v) is 3.93. The van der Waals surface area contributed by atoms with E-state index >= 15 is 0 Å². The summed E-state index contributed by atoms with van der Waals surface area (Å²) in [4.78, 5) is 23.0. The number of allylic oxidation sites excluding steroid dienone is 1. The zero-order chi connectivity index (χ0) is 13.3. The number of hydrogen-bond acceptors (Lipinski definition) is 3. The van der Waals surface area contributed by atoms with Crippen LogP contribution in [0.3, 0.4) is 0 Å². The van der Waals surface area contributed by atoms with Crippen molar-refractivity contribution >= 4 is 23.1 Å². The first-order chi connectivity index (χ1) is 8.58. The molecule has 0 aromatic heterocycles. The summed E-state index contributed by atoms with van der Waals surface area (Å²) in [5.41, 5.74) is 7.42. The molecule has 94 valence electrons. The molecule has 0 bridgehead atoms. The van der Waals surface area contributed by atoms with Gasteiger partial charge < -0.3 is 15.8 Å². The summed E-state index contributed by atoms with van der Waals surface area (Å²) in [6.45, 7) is 1.91. The third-order valence-electron chi connectivity index (χ3n) is 2.90. The molecule has 0 fully saturated rings. The maximum absolute atomic E-state index is 11.9. The van der Waals surface area contributed by atoms with Crippen LogP contribution in [-0.2, 0) is 9.53 Å². The second-order valence-electron chi connectivity index (χ2n) is 3.93. The fraction of sp³-hybridized carbons (Fsp3) is 0.231. The lowest BCUT2D eigenvalue weighted by atomic mass is 10.0. The maximum Gasteiger partial charge on any atom is 0.259 e. The molecule has 1 heterocycles. The molecule has 0 spiro atoms. The van der Waals surface area contributed by atoms with Crippen LogP contribution in [0.5, 0.6) is 0 Å². The Morgan fingerprint density at radius 2 is 2.17 bits per heavy atom. The number of nitrogens with one attached hydrogen (secondary N) is 1. The van der Waals surface area contributed by atoms with Crippen LogP contribution in [0.2, 0.25) is 0 Å². The van der Waals surface area contributed by atoms with Gasteiger partial charge in [-0.2, -0.15) is 0 Å². The molecule has 2 rings (SSSR count). The summed E-state index contributed by atoms with van der Waals surface area (Å²) in [6.07, 6.45) is 0.621. The van der Waals surface area contributed by atoms with Crippen molar-refractivity contribution in [3.05, 3.63) is 35.1 Å². The number of amides is 2. The molecule has 5 nitrogen and oxygen atoms in total. The normalized spacial score (nSPS) is 16.0. The van der Waals surface area contributed by atoms with E-state index in [1.54, 1.807) is 18.2 Å². The molecule has 1 aliphatic rings. The van der Waals surface area contributed by atoms with Crippen molar-refractivity contribution in [1.29, 1.82) is 0 Å². The largest absolute Gasteiger partial charge is 0.500 e. The average molecular weight is 246 g/mol. The fourth-order valence-corrected chi connectivity index (χ4v) is 2.03. The Morgan fingerprint density at radius 1 is 1.44 bits per heavy atom. The highest BCUT2D eigenvalue weighted by molar-refractivity contribution is 6.32. The number of nitrogens with two attached hydrogens (primary N) is 1. The summed E-state index contributed by atoms with van der Waals surface area (Å²) in [7, 11) is 1.54. The number of rotatable bonds is 3. The molecule has 0 saturated carbocycles. The molecule has 0 saturated heterocycles. The van der Waals surface area contributed by atoms with E-state index in [1.165, 1.54) is 7.11 Å². The van der Waals surface area contributed by atoms with Crippen LogP contribution < -0.4 is 11.1 Å². The molecule has 3 N–H and O–H groups in total. The minimum absolute atomic E-state index is 0.217. The summed E-state index contributed by atoms with van der Waals surface area (Å²) in [5.74, 6) is -0.115. The van der Waals surface area contributed by atoms with E-state index in [0.29, 0.717) is 29.0 Å². The van der Waals surface area contributed by atoms with Gasteiger partial charge in [-0.05, 0) is 12.1 Å². The molecule has 0 unspecified atom stereocenters. The number of methoxy groups -OCH3 is 1. The van der Waals surface area contributed by atoms with Gasteiger partial charge in [0, 0.05) is 17.5 Å². The molecular weight excluding hydrogens is 232 g/mol. The lowest BCUT2D eigenvalue weighted by Gasteiger charge is -2.06. The number of carbonyl (C=O) groups excluding carboxylic acids is 2. The van der Waals surface area contributed by atoms with E-state index in [0.717, 1.165) is 5.56 Å². The molecule has 0 aliphatic carbocycles. The highest BCUT2D eigenvalue weighted by Gasteiger charge is 2.28. The second kappa shape index (κ2) is 4.52. The average Bonchev–Trinajstić information content (AvgIpc) is 2.67. The lowest BCUT2D eigenvalue weighted by Crippen LogP contribution is -2.11. The number of hydrogen-bond donors (Lipinski definition) is 2. The Labute approximate surface area is 105 Å². The predicted octanol–water partition coefficient (Wildman–Crippen LogP) is 1.51. The minimum Gasteiger partial charge on any atom is -0.500 e. The Kier molecular flexibility index (Phi) is 3.06. The van der Waals surface area contributed by atoms with Crippen LogP contribution >= 0.6 is 0 Å². The van der Waals surface area contributed by atoms with E-state index in [9.17, 15) is 9.59 Å². The molecule has 2 amide bonds. The summed E-state index contributed by atoms with van der Waals surface area (Å²) in [5, 5.41) is 2.71. The lowest BCUT2D eigenvalue weighted by molar-refractivity contribution is -0.111. The number of fused-ring (bicyclic) bond motifs is 1. The Morgan fingerprint density at radius 3 is 2.72 bits per heavy atom. The predicted molar refractivity (Wildman–Crippen MR) is 67.8 cm³/mol. The van der Waals surface area contributed by atoms with Gasteiger partial charge in [0.25, 0.3) is 5.91 Å². The van der Waals surface area contributed by atoms with Gasteiger partial charge in [-0.1, -0.05) is 13.0 Å². The van der Waals surface area contributed by atoms with Gasteiger partial charge in [-0.15, -0.1) is 0 Å². The van der Waals surface area contributed by atoms with Crippen LogP contribution in [-0.4, -0.2) is 18.9 Å². The number of carbonyl (C=O) groups is 2. The first-order valence-corrected chi connectivity index (χ1v) is 5.61. The van der Waals surface area contributed by atoms with E-state index in [4.69, 9.17) is 10.5 Å². The number of anilines is 1.